The number of benzene rings is 1. The minimum atomic E-state index is -0.684. The van der Waals surface area contributed by atoms with E-state index in [0.29, 0.717) is 5.16 Å². The molecule has 8 heteroatoms. The molecule has 124 valence electrons. The quantitative estimate of drug-likeness (QED) is 0.773. The summed E-state index contributed by atoms with van der Waals surface area (Å²) >= 11 is 1.46. The summed E-state index contributed by atoms with van der Waals surface area (Å²) in [5.41, 5.74) is 7.37. The largest absolute Gasteiger partial charge is 0.383 e. The van der Waals surface area contributed by atoms with E-state index in [2.05, 4.69) is 15.3 Å². The summed E-state index contributed by atoms with van der Waals surface area (Å²) in [5, 5.41) is 3.48. The fourth-order valence-corrected chi connectivity index (χ4v) is 2.57. The fraction of sp³-hybridized carbons (Fsp3) is 0.267. The van der Waals surface area contributed by atoms with Crippen molar-refractivity contribution in [2.24, 2.45) is 5.73 Å². The highest BCUT2D eigenvalue weighted by Gasteiger charge is 2.14. The van der Waals surface area contributed by atoms with Gasteiger partial charge in [-0.25, -0.2) is 9.97 Å². The number of nitrogens with one attached hydrogen (secondary N) is 1. The van der Waals surface area contributed by atoms with Crippen LogP contribution in [-0.2, 0) is 9.53 Å². The predicted molar refractivity (Wildman–Crippen MR) is 93.1 cm³/mol. The third-order valence-electron chi connectivity index (χ3n) is 2.89. The lowest BCUT2D eigenvalue weighted by Crippen LogP contribution is -2.39. The van der Waals surface area contributed by atoms with Crippen molar-refractivity contribution < 1.29 is 9.53 Å². The number of carbonyl (C=O) groups excluding carboxylic acids is 1. The number of nitrogens with zero attached hydrogens (tertiary/aromatic N) is 2. The normalized spacial score (nSPS) is 11.4. The molecule has 0 saturated carbocycles. The molecule has 1 heterocycles. The topological polar surface area (TPSA) is 90.1 Å². The Morgan fingerprint density at radius 3 is 2.70 bits per heavy atom. The van der Waals surface area contributed by atoms with Crippen LogP contribution in [0, 0.1) is 6.92 Å². The third kappa shape index (κ3) is 5.80. The molecule has 1 atom stereocenters. The molecule has 3 N–H and O–H groups in total. The zero-order chi connectivity index (χ0) is 15.9. The standard InChI is InChI=1S/C15H18N4O2S.ClH/c1-10-8-11(22-15-17-6-3-7-18-15)4-5-13(10)19-14(20)12(16)9-21-2;/h3-8,12H,9,16H2,1-2H3,(H,19,20);1H. The second-order valence-electron chi connectivity index (χ2n) is 4.66. The number of ether oxygens (including phenoxy) is 1. The van der Waals surface area contributed by atoms with Gasteiger partial charge >= 0.3 is 0 Å². The highest BCUT2D eigenvalue weighted by molar-refractivity contribution is 7.99. The summed E-state index contributed by atoms with van der Waals surface area (Å²) in [4.78, 5) is 21.2. The highest BCUT2D eigenvalue weighted by Crippen LogP contribution is 2.27. The number of hydrogen-bond acceptors (Lipinski definition) is 6. The zero-order valence-corrected chi connectivity index (χ0v) is 14.5. The van der Waals surface area contributed by atoms with Crippen LogP contribution in [0.3, 0.4) is 0 Å². The van der Waals surface area contributed by atoms with E-state index in [1.807, 2.05) is 25.1 Å². The van der Waals surface area contributed by atoms with Crippen molar-refractivity contribution in [2.75, 3.05) is 19.0 Å². The molecule has 0 aliphatic heterocycles. The maximum atomic E-state index is 11.9. The monoisotopic (exact) mass is 354 g/mol. The molecule has 2 aromatic rings. The van der Waals surface area contributed by atoms with Crippen LogP contribution < -0.4 is 11.1 Å². The molecule has 1 aromatic carbocycles. The van der Waals surface area contributed by atoms with Crippen molar-refractivity contribution in [1.82, 2.24) is 9.97 Å². The second kappa shape index (κ2) is 9.46. The molecule has 1 amide bonds. The van der Waals surface area contributed by atoms with E-state index in [9.17, 15) is 4.79 Å². The smallest absolute Gasteiger partial charge is 0.243 e. The van der Waals surface area contributed by atoms with Gasteiger partial charge in [0.25, 0.3) is 0 Å². The minimum absolute atomic E-state index is 0. The summed E-state index contributed by atoms with van der Waals surface area (Å²) in [6.45, 7) is 2.11. The average Bonchev–Trinajstić information content (AvgIpc) is 2.51. The predicted octanol–water partition coefficient (Wildman–Crippen LogP) is 2.27. The van der Waals surface area contributed by atoms with E-state index in [1.165, 1.54) is 18.9 Å². The Morgan fingerprint density at radius 1 is 1.39 bits per heavy atom. The first-order valence-electron chi connectivity index (χ1n) is 6.71. The van der Waals surface area contributed by atoms with Crippen molar-refractivity contribution in [1.29, 1.82) is 0 Å². The van der Waals surface area contributed by atoms with Gasteiger partial charge in [-0.1, -0.05) is 0 Å². The van der Waals surface area contributed by atoms with E-state index in [-0.39, 0.29) is 24.9 Å². The number of hydrogen-bond donors (Lipinski definition) is 2. The van der Waals surface area contributed by atoms with Gasteiger partial charge in [0.05, 0.1) is 6.61 Å². The number of anilines is 1. The SMILES string of the molecule is COCC(N)C(=O)Nc1ccc(Sc2ncccn2)cc1C.Cl. The maximum Gasteiger partial charge on any atom is 0.243 e. The number of nitrogens with two attached hydrogens (primary N) is 1. The maximum absolute atomic E-state index is 11.9. The Morgan fingerprint density at radius 2 is 2.09 bits per heavy atom. The van der Waals surface area contributed by atoms with Crippen LogP contribution >= 0.6 is 24.2 Å². The Hall–Kier alpha value is -1.67. The first-order valence-corrected chi connectivity index (χ1v) is 7.52. The molecule has 0 saturated heterocycles. The number of halogens is 1. The van der Waals surface area contributed by atoms with Crippen molar-refractivity contribution in [3.8, 4) is 0 Å². The molecule has 0 bridgehead atoms. The van der Waals surface area contributed by atoms with E-state index < -0.39 is 6.04 Å². The third-order valence-corrected chi connectivity index (χ3v) is 3.77. The number of aryl methyl sites for hydroxylation is 1. The molecule has 1 aromatic heterocycles. The lowest BCUT2D eigenvalue weighted by molar-refractivity contribution is -0.118. The number of aromatic nitrogens is 2. The number of rotatable bonds is 6. The summed E-state index contributed by atoms with van der Waals surface area (Å²) < 4.78 is 4.88. The molecule has 0 aliphatic rings. The van der Waals surface area contributed by atoms with Gasteiger partial charge in [0.2, 0.25) is 5.91 Å². The van der Waals surface area contributed by atoms with Crippen LogP contribution in [0.4, 0.5) is 5.69 Å². The molecular formula is C15H19ClN4O2S. The summed E-state index contributed by atoms with van der Waals surface area (Å²) in [7, 11) is 1.51. The van der Waals surface area contributed by atoms with Crippen LogP contribution in [0.15, 0.2) is 46.7 Å². The molecule has 0 radical (unpaired) electrons. The Labute approximate surface area is 145 Å². The minimum Gasteiger partial charge on any atom is -0.383 e. The fourth-order valence-electron chi connectivity index (χ4n) is 1.76. The Balaban J connectivity index is 0.00000264. The van der Waals surface area contributed by atoms with Crippen molar-refractivity contribution in [3.63, 3.8) is 0 Å². The van der Waals surface area contributed by atoms with Crippen LogP contribution in [-0.4, -0.2) is 35.6 Å². The van der Waals surface area contributed by atoms with Gasteiger partial charge in [0.1, 0.15) is 6.04 Å². The Kier molecular flexibility index (Phi) is 7.97. The van der Waals surface area contributed by atoms with E-state index in [1.54, 1.807) is 18.5 Å². The van der Waals surface area contributed by atoms with Gasteiger partial charge in [-0.15, -0.1) is 12.4 Å². The summed E-state index contributed by atoms with van der Waals surface area (Å²) in [5.74, 6) is -0.267. The number of carbonyl (C=O) groups is 1. The van der Waals surface area contributed by atoms with Crippen molar-refractivity contribution in [3.05, 3.63) is 42.2 Å². The van der Waals surface area contributed by atoms with E-state index in [4.69, 9.17) is 10.5 Å². The van der Waals surface area contributed by atoms with Gasteiger partial charge in [0.15, 0.2) is 5.16 Å². The van der Waals surface area contributed by atoms with Gasteiger partial charge in [-0.3, -0.25) is 4.79 Å². The van der Waals surface area contributed by atoms with E-state index in [0.717, 1.165) is 16.1 Å². The van der Waals surface area contributed by atoms with Crippen molar-refractivity contribution >= 4 is 35.8 Å². The van der Waals surface area contributed by atoms with Gasteiger partial charge in [-0.2, -0.15) is 0 Å². The van der Waals surface area contributed by atoms with Crippen LogP contribution in [0.1, 0.15) is 5.56 Å². The molecule has 0 fully saturated rings. The summed E-state index contributed by atoms with van der Waals surface area (Å²) in [6, 6.07) is 6.82. The molecule has 6 nitrogen and oxygen atoms in total. The van der Waals surface area contributed by atoms with Gasteiger partial charge in [0, 0.05) is 30.1 Å². The van der Waals surface area contributed by atoms with Crippen LogP contribution in [0.5, 0.6) is 0 Å². The average molecular weight is 355 g/mol. The summed E-state index contributed by atoms with van der Waals surface area (Å²) in [6.07, 6.45) is 3.40. The first-order chi connectivity index (χ1) is 10.6. The number of methoxy groups -OCH3 is 1. The molecule has 0 spiro atoms. The lowest BCUT2D eigenvalue weighted by atomic mass is 10.2. The van der Waals surface area contributed by atoms with Gasteiger partial charge < -0.3 is 15.8 Å². The zero-order valence-electron chi connectivity index (χ0n) is 12.9. The second-order valence-corrected chi connectivity index (χ2v) is 5.70. The number of amides is 1. The highest BCUT2D eigenvalue weighted by atomic mass is 35.5. The molecular weight excluding hydrogens is 336 g/mol. The van der Waals surface area contributed by atoms with Crippen LogP contribution in [0.25, 0.3) is 0 Å². The Bertz CT molecular complexity index is 643. The molecule has 23 heavy (non-hydrogen) atoms. The van der Waals surface area contributed by atoms with Crippen molar-refractivity contribution in [2.45, 2.75) is 23.0 Å². The van der Waals surface area contributed by atoms with E-state index >= 15 is 0 Å². The molecule has 2 rings (SSSR count). The lowest BCUT2D eigenvalue weighted by Gasteiger charge is -2.13. The van der Waals surface area contributed by atoms with Crippen LogP contribution in [0.2, 0.25) is 0 Å². The molecule has 1 unspecified atom stereocenters. The van der Waals surface area contributed by atoms with Gasteiger partial charge in [-0.05, 0) is 48.5 Å². The molecule has 0 aliphatic carbocycles. The first kappa shape index (κ1) is 19.4.